The molecule has 0 bridgehead atoms. The zero-order chi connectivity index (χ0) is 19.8. The number of aromatic nitrogens is 2. The van der Waals surface area contributed by atoms with Crippen molar-refractivity contribution in [3.8, 4) is 0 Å². The van der Waals surface area contributed by atoms with Gasteiger partial charge in [0.2, 0.25) is 5.95 Å². The van der Waals surface area contributed by atoms with Gasteiger partial charge in [-0.2, -0.15) is 0 Å². The van der Waals surface area contributed by atoms with E-state index in [2.05, 4.69) is 47.2 Å². The smallest absolute Gasteiger partial charge is 0.407 e. The van der Waals surface area contributed by atoms with Crippen molar-refractivity contribution >= 4 is 17.7 Å². The molecule has 7 nitrogen and oxygen atoms in total. The lowest BCUT2D eigenvalue weighted by atomic mass is 9.97. The summed E-state index contributed by atoms with van der Waals surface area (Å²) in [6, 6.07) is 6.76. The highest BCUT2D eigenvalue weighted by Gasteiger charge is 2.34. The van der Waals surface area contributed by atoms with E-state index in [-0.39, 0.29) is 6.04 Å². The molecule has 28 heavy (non-hydrogen) atoms. The predicted octanol–water partition coefficient (Wildman–Crippen LogP) is 3.68. The standard InChI is InChI=1S/C21H27N5O2/c1-13-6-14(2)8-17(7-13)23-20-22-10-16-11-25(12-19(16)24-20)18-4-5-26(21(27)28)15(3)9-18/h6-8,10,15,18H,4-5,9,11-12H2,1-3H3,(H,27,28)(H,22,23,24)/t15-,18-/m1/s1. The first-order valence-corrected chi connectivity index (χ1v) is 9.83. The Morgan fingerprint density at radius 1 is 1.21 bits per heavy atom. The maximum absolute atomic E-state index is 11.3. The van der Waals surface area contributed by atoms with E-state index in [0.717, 1.165) is 37.3 Å². The summed E-state index contributed by atoms with van der Waals surface area (Å²) >= 11 is 0. The topological polar surface area (TPSA) is 81.6 Å². The Morgan fingerprint density at radius 3 is 2.64 bits per heavy atom. The SMILES string of the molecule is Cc1cc(C)cc(Nc2ncc3c(n2)CN([C@@H]2CCN(C(=O)O)[C@H](C)C2)C3)c1. The molecule has 3 heterocycles. The van der Waals surface area contributed by atoms with Crippen molar-refractivity contribution in [3.05, 3.63) is 46.8 Å². The second-order valence-corrected chi connectivity index (χ2v) is 8.08. The van der Waals surface area contributed by atoms with Gasteiger partial charge in [0.15, 0.2) is 0 Å². The molecule has 1 saturated heterocycles. The third-order valence-corrected chi connectivity index (χ3v) is 5.77. The Kier molecular flexibility index (Phi) is 4.93. The average Bonchev–Trinajstić information content (AvgIpc) is 3.03. The first kappa shape index (κ1) is 18.7. The van der Waals surface area contributed by atoms with Gasteiger partial charge in [0.1, 0.15) is 0 Å². The quantitative estimate of drug-likeness (QED) is 0.844. The summed E-state index contributed by atoms with van der Waals surface area (Å²) in [7, 11) is 0. The fourth-order valence-electron chi connectivity index (χ4n) is 4.44. The van der Waals surface area contributed by atoms with Crippen LogP contribution in [-0.4, -0.2) is 49.6 Å². The Bertz CT molecular complexity index is 880. The number of aryl methyl sites for hydroxylation is 2. The second-order valence-electron chi connectivity index (χ2n) is 8.08. The Labute approximate surface area is 165 Å². The summed E-state index contributed by atoms with van der Waals surface area (Å²) in [6.07, 6.45) is 2.83. The van der Waals surface area contributed by atoms with Crippen LogP contribution in [0.1, 0.15) is 42.1 Å². The third-order valence-electron chi connectivity index (χ3n) is 5.77. The van der Waals surface area contributed by atoms with E-state index in [1.807, 2.05) is 13.1 Å². The van der Waals surface area contributed by atoms with Gasteiger partial charge in [0.05, 0.1) is 5.69 Å². The number of carbonyl (C=O) groups is 1. The van der Waals surface area contributed by atoms with Gasteiger partial charge < -0.3 is 15.3 Å². The van der Waals surface area contributed by atoms with Crippen molar-refractivity contribution in [1.29, 1.82) is 0 Å². The van der Waals surface area contributed by atoms with Gasteiger partial charge in [-0.1, -0.05) is 6.07 Å². The van der Waals surface area contributed by atoms with Crippen molar-refractivity contribution in [1.82, 2.24) is 19.8 Å². The summed E-state index contributed by atoms with van der Waals surface area (Å²) in [5, 5.41) is 12.6. The molecule has 2 aromatic rings. The molecule has 1 aromatic heterocycles. The first-order valence-electron chi connectivity index (χ1n) is 9.83. The van der Waals surface area contributed by atoms with Crippen molar-refractivity contribution < 1.29 is 9.90 Å². The van der Waals surface area contributed by atoms with E-state index in [1.165, 1.54) is 16.7 Å². The molecule has 0 saturated carbocycles. The van der Waals surface area contributed by atoms with Crippen molar-refractivity contribution in [2.45, 2.75) is 58.8 Å². The number of fused-ring (bicyclic) bond motifs is 1. The van der Waals surface area contributed by atoms with E-state index in [9.17, 15) is 9.90 Å². The Hall–Kier alpha value is -2.67. The highest BCUT2D eigenvalue weighted by molar-refractivity contribution is 5.65. The van der Waals surface area contributed by atoms with Crippen LogP contribution in [0, 0.1) is 13.8 Å². The predicted molar refractivity (Wildman–Crippen MR) is 108 cm³/mol. The van der Waals surface area contributed by atoms with E-state index < -0.39 is 6.09 Å². The van der Waals surface area contributed by atoms with Crippen LogP contribution in [0.3, 0.4) is 0 Å². The number of anilines is 2. The largest absolute Gasteiger partial charge is 0.465 e. The molecule has 2 N–H and O–H groups in total. The molecule has 2 aliphatic rings. The van der Waals surface area contributed by atoms with Gasteiger partial charge in [-0.3, -0.25) is 4.90 Å². The van der Waals surface area contributed by atoms with E-state index >= 15 is 0 Å². The number of hydrogen-bond acceptors (Lipinski definition) is 5. The molecule has 1 amide bonds. The number of nitrogens with zero attached hydrogens (tertiary/aromatic N) is 4. The van der Waals surface area contributed by atoms with Gasteiger partial charge in [0, 0.05) is 49.2 Å². The van der Waals surface area contributed by atoms with Gasteiger partial charge >= 0.3 is 6.09 Å². The van der Waals surface area contributed by atoms with E-state index in [4.69, 9.17) is 4.98 Å². The van der Waals surface area contributed by atoms with Crippen molar-refractivity contribution in [2.24, 2.45) is 0 Å². The number of nitrogens with one attached hydrogen (secondary N) is 1. The van der Waals surface area contributed by atoms with Crippen LogP contribution in [0.25, 0.3) is 0 Å². The normalized spacial score (nSPS) is 22.2. The maximum Gasteiger partial charge on any atom is 0.407 e. The van der Waals surface area contributed by atoms with Crippen LogP contribution in [0.5, 0.6) is 0 Å². The minimum Gasteiger partial charge on any atom is -0.465 e. The molecule has 0 radical (unpaired) electrons. The number of carboxylic acid groups (broad SMARTS) is 1. The lowest BCUT2D eigenvalue weighted by Gasteiger charge is -2.39. The molecule has 4 rings (SSSR count). The van der Waals surface area contributed by atoms with Crippen LogP contribution >= 0.6 is 0 Å². The average molecular weight is 381 g/mol. The van der Waals surface area contributed by atoms with Gasteiger partial charge in [-0.25, -0.2) is 14.8 Å². The number of rotatable bonds is 3. The monoisotopic (exact) mass is 381 g/mol. The number of piperidine rings is 1. The van der Waals surface area contributed by atoms with Crippen molar-refractivity contribution in [2.75, 3.05) is 11.9 Å². The molecule has 2 aliphatic heterocycles. The molecule has 0 spiro atoms. The number of benzene rings is 1. The minimum absolute atomic E-state index is 0.0489. The highest BCUT2D eigenvalue weighted by Crippen LogP contribution is 2.30. The summed E-state index contributed by atoms with van der Waals surface area (Å²) in [4.78, 5) is 24.5. The molecule has 0 aliphatic carbocycles. The van der Waals surface area contributed by atoms with E-state index in [1.54, 1.807) is 4.90 Å². The Balaban J connectivity index is 1.44. The van der Waals surface area contributed by atoms with Crippen LogP contribution in [0.15, 0.2) is 24.4 Å². The zero-order valence-electron chi connectivity index (χ0n) is 16.6. The lowest BCUT2D eigenvalue weighted by Crippen LogP contribution is -2.49. The van der Waals surface area contributed by atoms with Crippen LogP contribution < -0.4 is 5.32 Å². The minimum atomic E-state index is -0.816. The molecule has 2 atom stereocenters. The van der Waals surface area contributed by atoms with E-state index in [0.29, 0.717) is 18.5 Å². The zero-order valence-corrected chi connectivity index (χ0v) is 16.6. The van der Waals surface area contributed by atoms with Crippen molar-refractivity contribution in [3.63, 3.8) is 0 Å². The number of likely N-dealkylation sites (tertiary alicyclic amines) is 1. The molecular weight excluding hydrogens is 354 g/mol. The van der Waals surface area contributed by atoms with Gasteiger partial charge in [-0.05, 0) is 56.9 Å². The molecule has 7 heteroatoms. The lowest BCUT2D eigenvalue weighted by molar-refractivity contribution is 0.0656. The highest BCUT2D eigenvalue weighted by atomic mass is 16.4. The van der Waals surface area contributed by atoms with Crippen LogP contribution in [-0.2, 0) is 13.1 Å². The fraction of sp³-hybridized carbons (Fsp3) is 0.476. The number of amides is 1. The molecule has 1 aromatic carbocycles. The second kappa shape index (κ2) is 7.39. The number of hydrogen-bond donors (Lipinski definition) is 2. The maximum atomic E-state index is 11.3. The third kappa shape index (κ3) is 3.80. The molecule has 1 fully saturated rings. The first-order chi connectivity index (χ1) is 13.4. The summed E-state index contributed by atoms with van der Waals surface area (Å²) in [5.74, 6) is 0.625. The van der Waals surface area contributed by atoms with Gasteiger partial charge in [0.25, 0.3) is 0 Å². The van der Waals surface area contributed by atoms with Crippen LogP contribution in [0.4, 0.5) is 16.4 Å². The molecular formula is C21H27N5O2. The summed E-state index contributed by atoms with van der Waals surface area (Å²) in [5.41, 5.74) is 5.64. The molecule has 148 valence electrons. The summed E-state index contributed by atoms with van der Waals surface area (Å²) in [6.45, 7) is 8.38. The van der Waals surface area contributed by atoms with Gasteiger partial charge in [-0.15, -0.1) is 0 Å². The Morgan fingerprint density at radius 2 is 1.96 bits per heavy atom. The summed E-state index contributed by atoms with van der Waals surface area (Å²) < 4.78 is 0. The molecule has 0 unspecified atom stereocenters. The fourth-order valence-corrected chi connectivity index (χ4v) is 4.44. The van der Waals surface area contributed by atoms with Crippen LogP contribution in [0.2, 0.25) is 0 Å².